The topological polar surface area (TPSA) is 58.8 Å². The van der Waals surface area contributed by atoms with E-state index in [1.54, 1.807) is 0 Å². The zero-order chi connectivity index (χ0) is 13.9. The number of ether oxygens (including phenoxy) is 1. The van der Waals surface area contributed by atoms with Crippen molar-refractivity contribution in [2.75, 3.05) is 46.9 Å². The molecule has 2 saturated heterocycles. The third-order valence-corrected chi connectivity index (χ3v) is 4.76. The number of rotatable bonds is 3. The van der Waals surface area contributed by atoms with Gasteiger partial charge in [0.25, 0.3) is 0 Å². The monoisotopic (exact) mass is 269 g/mol. The first-order valence-electron chi connectivity index (χ1n) is 7.33. The van der Waals surface area contributed by atoms with Gasteiger partial charge in [-0.2, -0.15) is 0 Å². The summed E-state index contributed by atoms with van der Waals surface area (Å²) >= 11 is 0. The van der Waals surface area contributed by atoms with Crippen LogP contribution >= 0.6 is 0 Å². The van der Waals surface area contributed by atoms with Crippen molar-refractivity contribution in [2.24, 2.45) is 11.1 Å². The molecule has 2 N–H and O–H groups in total. The SMILES string of the molecule is CN1CCCC(N(C)C(=O)C2(CN)CCOCC2)C1. The molecule has 2 aliphatic rings. The number of nitrogens with zero attached hydrogens (tertiary/aromatic N) is 2. The van der Waals surface area contributed by atoms with Gasteiger partial charge in [0.05, 0.1) is 5.41 Å². The van der Waals surface area contributed by atoms with Crippen LogP contribution in [0.4, 0.5) is 0 Å². The summed E-state index contributed by atoms with van der Waals surface area (Å²) in [6, 6.07) is 0.331. The van der Waals surface area contributed by atoms with Crippen molar-refractivity contribution in [1.82, 2.24) is 9.80 Å². The molecule has 1 unspecified atom stereocenters. The lowest BCUT2D eigenvalue weighted by molar-refractivity contribution is -0.149. The van der Waals surface area contributed by atoms with Gasteiger partial charge in [0, 0.05) is 39.4 Å². The molecule has 2 heterocycles. The van der Waals surface area contributed by atoms with Gasteiger partial charge in [-0.3, -0.25) is 4.79 Å². The van der Waals surface area contributed by atoms with Crippen LogP contribution in [0, 0.1) is 5.41 Å². The van der Waals surface area contributed by atoms with Crippen LogP contribution in [-0.2, 0) is 9.53 Å². The van der Waals surface area contributed by atoms with E-state index in [-0.39, 0.29) is 11.3 Å². The Balaban J connectivity index is 2.04. The van der Waals surface area contributed by atoms with E-state index in [9.17, 15) is 4.79 Å². The van der Waals surface area contributed by atoms with Crippen molar-refractivity contribution in [3.63, 3.8) is 0 Å². The predicted octanol–water partition coefficient (Wildman–Crippen LogP) is 0.295. The van der Waals surface area contributed by atoms with Gasteiger partial charge in [-0.05, 0) is 39.3 Å². The molecule has 0 aromatic heterocycles. The van der Waals surface area contributed by atoms with E-state index in [0.29, 0.717) is 25.8 Å². The van der Waals surface area contributed by atoms with E-state index in [2.05, 4.69) is 11.9 Å². The highest BCUT2D eigenvalue weighted by molar-refractivity contribution is 5.83. The van der Waals surface area contributed by atoms with Crippen LogP contribution < -0.4 is 5.73 Å². The van der Waals surface area contributed by atoms with Crippen LogP contribution in [0.25, 0.3) is 0 Å². The summed E-state index contributed by atoms with van der Waals surface area (Å²) < 4.78 is 5.38. The van der Waals surface area contributed by atoms with Crippen molar-refractivity contribution in [3.8, 4) is 0 Å². The predicted molar refractivity (Wildman–Crippen MR) is 74.8 cm³/mol. The Morgan fingerprint density at radius 3 is 2.74 bits per heavy atom. The summed E-state index contributed by atoms with van der Waals surface area (Å²) in [6.45, 7) is 3.85. The number of carbonyl (C=O) groups excluding carboxylic acids is 1. The maximum Gasteiger partial charge on any atom is 0.230 e. The lowest BCUT2D eigenvalue weighted by Crippen LogP contribution is -2.55. The van der Waals surface area contributed by atoms with Crippen molar-refractivity contribution in [3.05, 3.63) is 0 Å². The lowest BCUT2D eigenvalue weighted by Gasteiger charge is -2.42. The zero-order valence-corrected chi connectivity index (χ0v) is 12.2. The van der Waals surface area contributed by atoms with Gasteiger partial charge in [-0.15, -0.1) is 0 Å². The van der Waals surface area contributed by atoms with Gasteiger partial charge in [-0.25, -0.2) is 0 Å². The highest BCUT2D eigenvalue weighted by Crippen LogP contribution is 2.32. The molecule has 0 radical (unpaired) electrons. The molecule has 0 aromatic rings. The Kier molecular flexibility index (Phi) is 4.81. The number of amides is 1. The number of piperidine rings is 1. The average molecular weight is 269 g/mol. The molecular weight excluding hydrogens is 242 g/mol. The molecule has 2 aliphatic heterocycles. The summed E-state index contributed by atoms with van der Waals surface area (Å²) in [5.41, 5.74) is 5.53. The fraction of sp³-hybridized carbons (Fsp3) is 0.929. The van der Waals surface area contributed by atoms with E-state index in [0.717, 1.165) is 38.8 Å². The van der Waals surface area contributed by atoms with Crippen LogP contribution in [-0.4, -0.2) is 68.7 Å². The Morgan fingerprint density at radius 2 is 2.16 bits per heavy atom. The normalized spacial score (nSPS) is 28.1. The molecule has 2 rings (SSSR count). The summed E-state index contributed by atoms with van der Waals surface area (Å²) in [6.07, 6.45) is 3.78. The largest absolute Gasteiger partial charge is 0.381 e. The summed E-state index contributed by atoms with van der Waals surface area (Å²) in [7, 11) is 4.07. The van der Waals surface area contributed by atoms with Gasteiger partial charge in [0.15, 0.2) is 0 Å². The smallest absolute Gasteiger partial charge is 0.230 e. The summed E-state index contributed by atoms with van der Waals surface area (Å²) in [5, 5.41) is 0. The minimum atomic E-state index is -0.386. The van der Waals surface area contributed by atoms with Crippen LogP contribution in [0.1, 0.15) is 25.7 Å². The van der Waals surface area contributed by atoms with Gasteiger partial charge in [0.2, 0.25) is 5.91 Å². The summed E-state index contributed by atoms with van der Waals surface area (Å²) in [5.74, 6) is 0.221. The first-order chi connectivity index (χ1) is 9.09. The second kappa shape index (κ2) is 6.20. The minimum absolute atomic E-state index is 0.221. The molecule has 5 nitrogen and oxygen atoms in total. The third-order valence-electron chi connectivity index (χ3n) is 4.76. The number of carbonyl (C=O) groups is 1. The van der Waals surface area contributed by atoms with E-state index in [4.69, 9.17) is 10.5 Å². The van der Waals surface area contributed by atoms with Crippen LogP contribution in [0.5, 0.6) is 0 Å². The van der Waals surface area contributed by atoms with Gasteiger partial charge in [-0.1, -0.05) is 0 Å². The molecule has 2 fully saturated rings. The quantitative estimate of drug-likeness (QED) is 0.800. The molecule has 0 aliphatic carbocycles. The maximum absolute atomic E-state index is 12.8. The van der Waals surface area contributed by atoms with E-state index in [1.165, 1.54) is 0 Å². The highest BCUT2D eigenvalue weighted by atomic mass is 16.5. The first kappa shape index (κ1) is 14.8. The molecular formula is C14H27N3O2. The molecule has 1 amide bonds. The standard InChI is InChI=1S/C14H27N3O2/c1-16-7-3-4-12(10-16)17(2)13(18)14(11-15)5-8-19-9-6-14/h12H,3-11,15H2,1-2H3. The van der Waals surface area contributed by atoms with Gasteiger partial charge < -0.3 is 20.3 Å². The average Bonchev–Trinajstić information content (AvgIpc) is 2.46. The number of likely N-dealkylation sites (tertiary alicyclic amines) is 1. The molecule has 0 saturated carbocycles. The van der Waals surface area contributed by atoms with E-state index in [1.807, 2.05) is 11.9 Å². The number of hydrogen-bond donors (Lipinski definition) is 1. The van der Waals surface area contributed by atoms with Crippen molar-refractivity contribution < 1.29 is 9.53 Å². The van der Waals surface area contributed by atoms with E-state index >= 15 is 0 Å². The first-order valence-corrected chi connectivity index (χ1v) is 7.33. The molecule has 5 heteroatoms. The fourth-order valence-electron chi connectivity index (χ4n) is 3.26. The Bertz CT molecular complexity index is 316. The third kappa shape index (κ3) is 3.09. The Hall–Kier alpha value is -0.650. The van der Waals surface area contributed by atoms with Gasteiger partial charge in [0.1, 0.15) is 0 Å². The maximum atomic E-state index is 12.8. The van der Waals surface area contributed by atoms with Crippen molar-refractivity contribution >= 4 is 5.91 Å². The van der Waals surface area contributed by atoms with Crippen LogP contribution in [0.15, 0.2) is 0 Å². The molecule has 110 valence electrons. The lowest BCUT2D eigenvalue weighted by atomic mass is 9.78. The molecule has 0 bridgehead atoms. The summed E-state index contributed by atoms with van der Waals surface area (Å²) in [4.78, 5) is 17.1. The fourth-order valence-corrected chi connectivity index (χ4v) is 3.26. The van der Waals surface area contributed by atoms with E-state index < -0.39 is 0 Å². The second-order valence-corrected chi connectivity index (χ2v) is 6.07. The zero-order valence-electron chi connectivity index (χ0n) is 12.2. The highest BCUT2D eigenvalue weighted by Gasteiger charge is 2.42. The molecule has 1 atom stereocenters. The number of hydrogen-bond acceptors (Lipinski definition) is 4. The molecule has 0 spiro atoms. The van der Waals surface area contributed by atoms with Crippen molar-refractivity contribution in [1.29, 1.82) is 0 Å². The van der Waals surface area contributed by atoms with Crippen molar-refractivity contribution in [2.45, 2.75) is 31.7 Å². The minimum Gasteiger partial charge on any atom is -0.381 e. The number of nitrogens with two attached hydrogens (primary N) is 1. The Labute approximate surface area is 116 Å². The van der Waals surface area contributed by atoms with Crippen LogP contribution in [0.3, 0.4) is 0 Å². The number of likely N-dealkylation sites (N-methyl/N-ethyl adjacent to an activating group) is 2. The van der Waals surface area contributed by atoms with Crippen LogP contribution in [0.2, 0.25) is 0 Å². The Morgan fingerprint density at radius 1 is 1.47 bits per heavy atom. The second-order valence-electron chi connectivity index (χ2n) is 6.07. The molecule has 0 aromatic carbocycles. The molecule has 19 heavy (non-hydrogen) atoms. The van der Waals surface area contributed by atoms with Gasteiger partial charge >= 0.3 is 0 Å².